The van der Waals surface area contributed by atoms with Crippen molar-refractivity contribution in [1.29, 1.82) is 5.26 Å². The maximum Gasteiger partial charge on any atom is 0.224 e. The largest absolute Gasteiger partial charge is 0.325 e. The number of Topliss-reactive ketones (excluding diaryl/α,β-unsaturated/α-hetero) is 1. The predicted molar refractivity (Wildman–Crippen MR) is 112 cm³/mol. The van der Waals surface area contributed by atoms with Crippen molar-refractivity contribution in [2.45, 2.75) is 47.0 Å². The number of benzene rings is 1. The Morgan fingerprint density at radius 1 is 1.11 bits per heavy atom. The SMILES string of the molecule is CC(C)CC(=O)c1ccccc1C#N.CCC(C)CC(=O)Nc1cccnc1. The van der Waals surface area contributed by atoms with E-state index in [2.05, 4.69) is 24.1 Å². The second kappa shape index (κ2) is 12.4. The average molecular weight is 380 g/mol. The molecule has 1 unspecified atom stereocenters. The summed E-state index contributed by atoms with van der Waals surface area (Å²) >= 11 is 0. The Hall–Kier alpha value is -3.00. The zero-order valence-corrected chi connectivity index (χ0v) is 17.1. The van der Waals surface area contributed by atoms with Gasteiger partial charge in [0.2, 0.25) is 5.91 Å². The van der Waals surface area contributed by atoms with Gasteiger partial charge in [-0.25, -0.2) is 0 Å². The number of pyridine rings is 1. The van der Waals surface area contributed by atoms with Crippen molar-refractivity contribution in [2.75, 3.05) is 5.32 Å². The number of carbonyl (C=O) groups is 2. The van der Waals surface area contributed by atoms with Crippen LogP contribution in [0.15, 0.2) is 48.8 Å². The summed E-state index contributed by atoms with van der Waals surface area (Å²) in [6.07, 6.45) is 5.43. The molecule has 0 spiro atoms. The molecule has 0 aliphatic carbocycles. The summed E-state index contributed by atoms with van der Waals surface area (Å²) in [6, 6.07) is 12.6. The van der Waals surface area contributed by atoms with Crippen LogP contribution in [0.4, 0.5) is 5.69 Å². The fraction of sp³-hybridized carbons (Fsp3) is 0.391. The Labute approximate surface area is 167 Å². The van der Waals surface area contributed by atoms with Gasteiger partial charge in [0.25, 0.3) is 0 Å². The Kier molecular flexibility index (Phi) is 10.2. The van der Waals surface area contributed by atoms with E-state index in [0.717, 1.165) is 12.1 Å². The Bertz CT molecular complexity index is 795. The molecule has 2 aromatic rings. The van der Waals surface area contributed by atoms with Gasteiger partial charge in [-0.2, -0.15) is 5.26 Å². The number of amides is 1. The molecule has 28 heavy (non-hydrogen) atoms. The van der Waals surface area contributed by atoms with Gasteiger partial charge >= 0.3 is 0 Å². The van der Waals surface area contributed by atoms with Gasteiger partial charge in [-0.05, 0) is 30.0 Å². The highest BCUT2D eigenvalue weighted by Crippen LogP contribution is 2.13. The van der Waals surface area contributed by atoms with Crippen molar-refractivity contribution < 1.29 is 9.59 Å². The smallest absolute Gasteiger partial charge is 0.224 e. The molecule has 0 saturated carbocycles. The van der Waals surface area contributed by atoms with Crippen LogP contribution < -0.4 is 5.32 Å². The minimum atomic E-state index is 0.0529. The lowest BCUT2D eigenvalue weighted by molar-refractivity contribution is -0.117. The third-order valence-corrected chi connectivity index (χ3v) is 4.12. The molecule has 1 N–H and O–H groups in total. The van der Waals surface area contributed by atoms with E-state index < -0.39 is 0 Å². The summed E-state index contributed by atoms with van der Waals surface area (Å²) in [5.74, 6) is 0.880. The number of anilines is 1. The van der Waals surface area contributed by atoms with Gasteiger partial charge < -0.3 is 5.32 Å². The first-order valence-electron chi connectivity index (χ1n) is 9.59. The fourth-order valence-electron chi connectivity index (χ4n) is 2.41. The zero-order valence-electron chi connectivity index (χ0n) is 17.1. The molecule has 0 bridgehead atoms. The predicted octanol–water partition coefficient (Wildman–Crippen LogP) is 5.24. The minimum Gasteiger partial charge on any atom is -0.325 e. The van der Waals surface area contributed by atoms with Gasteiger partial charge in [0, 0.05) is 24.6 Å². The van der Waals surface area contributed by atoms with Gasteiger partial charge in [0.05, 0.1) is 23.5 Å². The quantitative estimate of drug-likeness (QED) is 0.667. The lowest BCUT2D eigenvalue weighted by Gasteiger charge is -2.08. The summed E-state index contributed by atoms with van der Waals surface area (Å²) in [5.41, 5.74) is 1.78. The van der Waals surface area contributed by atoms with E-state index in [1.807, 2.05) is 26.0 Å². The highest BCUT2D eigenvalue weighted by Gasteiger charge is 2.11. The number of hydrogen-bond acceptors (Lipinski definition) is 4. The molecule has 1 aromatic carbocycles. The molecule has 1 atom stereocenters. The van der Waals surface area contributed by atoms with Crippen LogP contribution in [-0.4, -0.2) is 16.7 Å². The summed E-state index contributed by atoms with van der Waals surface area (Å²) < 4.78 is 0. The molecule has 0 radical (unpaired) electrons. The highest BCUT2D eigenvalue weighted by atomic mass is 16.1. The van der Waals surface area contributed by atoms with Crippen LogP contribution >= 0.6 is 0 Å². The molecular formula is C23H29N3O2. The van der Waals surface area contributed by atoms with Crippen LogP contribution in [-0.2, 0) is 4.79 Å². The van der Waals surface area contributed by atoms with Gasteiger partial charge in [0.1, 0.15) is 0 Å². The molecule has 0 fully saturated rings. The Morgan fingerprint density at radius 2 is 1.82 bits per heavy atom. The van der Waals surface area contributed by atoms with Crippen molar-refractivity contribution in [2.24, 2.45) is 11.8 Å². The summed E-state index contributed by atoms with van der Waals surface area (Å²) in [6.45, 7) is 8.14. The van der Waals surface area contributed by atoms with E-state index in [1.165, 1.54) is 0 Å². The number of nitriles is 1. The van der Waals surface area contributed by atoms with E-state index in [1.54, 1.807) is 42.7 Å². The molecular weight excluding hydrogens is 350 g/mol. The van der Waals surface area contributed by atoms with Crippen molar-refractivity contribution in [1.82, 2.24) is 4.98 Å². The summed E-state index contributed by atoms with van der Waals surface area (Å²) in [7, 11) is 0. The first kappa shape index (κ1) is 23.0. The normalized spacial score (nSPS) is 11.0. The average Bonchev–Trinajstić information content (AvgIpc) is 2.68. The second-order valence-corrected chi connectivity index (χ2v) is 7.19. The Balaban J connectivity index is 0.000000280. The Morgan fingerprint density at radius 3 is 2.39 bits per heavy atom. The van der Waals surface area contributed by atoms with Gasteiger partial charge in [0.15, 0.2) is 5.78 Å². The van der Waals surface area contributed by atoms with Crippen molar-refractivity contribution in [3.63, 3.8) is 0 Å². The lowest BCUT2D eigenvalue weighted by atomic mass is 9.98. The van der Waals surface area contributed by atoms with Crippen molar-refractivity contribution >= 4 is 17.4 Å². The standard InChI is InChI=1S/C12H13NO.C11H16N2O/c1-9(2)7-12(14)11-6-4-3-5-10(11)8-13;1-3-9(2)7-11(14)13-10-5-4-6-12-8-10/h3-6,9H,7H2,1-2H3;4-6,8-9H,3,7H2,1-2H3,(H,13,14). The fourth-order valence-corrected chi connectivity index (χ4v) is 2.41. The molecule has 1 amide bonds. The van der Waals surface area contributed by atoms with E-state index in [9.17, 15) is 9.59 Å². The molecule has 1 heterocycles. The third kappa shape index (κ3) is 8.59. The molecule has 0 aliphatic heterocycles. The van der Waals surface area contributed by atoms with Crippen LogP contribution in [0.2, 0.25) is 0 Å². The number of nitrogens with zero attached hydrogens (tertiary/aromatic N) is 2. The summed E-state index contributed by atoms with van der Waals surface area (Å²) in [5, 5.41) is 11.6. The first-order valence-corrected chi connectivity index (χ1v) is 9.59. The molecule has 5 nitrogen and oxygen atoms in total. The van der Waals surface area contributed by atoms with Gasteiger partial charge in [-0.15, -0.1) is 0 Å². The molecule has 0 aliphatic rings. The second-order valence-electron chi connectivity index (χ2n) is 7.19. The molecule has 148 valence electrons. The molecule has 5 heteroatoms. The van der Waals surface area contributed by atoms with Crippen LogP contribution in [0.3, 0.4) is 0 Å². The van der Waals surface area contributed by atoms with Crippen LogP contribution in [0, 0.1) is 23.2 Å². The maximum absolute atomic E-state index is 11.7. The number of ketones is 1. The summed E-state index contributed by atoms with van der Waals surface area (Å²) in [4.78, 5) is 27.0. The lowest BCUT2D eigenvalue weighted by Crippen LogP contribution is -2.14. The highest BCUT2D eigenvalue weighted by molar-refractivity contribution is 5.98. The number of hydrogen-bond donors (Lipinski definition) is 1. The van der Waals surface area contributed by atoms with E-state index >= 15 is 0 Å². The topological polar surface area (TPSA) is 82.8 Å². The van der Waals surface area contributed by atoms with Crippen LogP contribution in [0.1, 0.15) is 62.9 Å². The van der Waals surface area contributed by atoms with Crippen LogP contribution in [0.5, 0.6) is 0 Å². The van der Waals surface area contributed by atoms with Gasteiger partial charge in [-0.1, -0.05) is 52.3 Å². The monoisotopic (exact) mass is 379 g/mol. The van der Waals surface area contributed by atoms with E-state index in [-0.39, 0.29) is 11.7 Å². The third-order valence-electron chi connectivity index (χ3n) is 4.12. The van der Waals surface area contributed by atoms with E-state index in [0.29, 0.717) is 35.8 Å². The number of carbonyl (C=O) groups excluding carboxylic acids is 2. The number of rotatable bonds is 7. The van der Waals surface area contributed by atoms with Crippen molar-refractivity contribution in [3.05, 3.63) is 59.9 Å². The number of aromatic nitrogens is 1. The maximum atomic E-state index is 11.7. The van der Waals surface area contributed by atoms with E-state index in [4.69, 9.17) is 5.26 Å². The molecule has 1 aromatic heterocycles. The minimum absolute atomic E-state index is 0.0529. The zero-order chi connectivity index (χ0) is 20.9. The molecule has 0 saturated heterocycles. The number of nitrogens with one attached hydrogen (secondary N) is 1. The van der Waals surface area contributed by atoms with Crippen molar-refractivity contribution in [3.8, 4) is 6.07 Å². The van der Waals surface area contributed by atoms with Gasteiger partial charge in [-0.3, -0.25) is 14.6 Å². The van der Waals surface area contributed by atoms with Crippen LogP contribution in [0.25, 0.3) is 0 Å². The first-order chi connectivity index (χ1) is 13.4. The molecule has 2 rings (SSSR count).